The highest BCUT2D eigenvalue weighted by atomic mass is 16.7. The number of fused-ring (bicyclic) bond motifs is 2. The van der Waals surface area contributed by atoms with Gasteiger partial charge in [0.05, 0.1) is 30.4 Å². The van der Waals surface area contributed by atoms with Crippen LogP contribution < -0.4 is 30.2 Å². The van der Waals surface area contributed by atoms with E-state index in [1.165, 1.54) is 4.90 Å². The molecule has 2 aliphatic heterocycles. The van der Waals surface area contributed by atoms with Crippen LogP contribution in [0, 0.1) is 19.8 Å². The fraction of sp³-hybridized carbons (Fsp3) is 0.500. The van der Waals surface area contributed by atoms with E-state index >= 15 is 0 Å². The fourth-order valence-electron chi connectivity index (χ4n) is 5.95. The molecule has 0 bridgehead atoms. The van der Waals surface area contributed by atoms with Crippen molar-refractivity contribution < 1.29 is 43.0 Å². The molecule has 1 aromatic heterocycles. The van der Waals surface area contributed by atoms with E-state index in [2.05, 4.69) is 21.1 Å². The van der Waals surface area contributed by atoms with Crippen LogP contribution in [0.5, 0.6) is 17.2 Å². The number of nitrogens with zero attached hydrogens (tertiary/aromatic N) is 3. The number of ether oxygens (including phenoxy) is 4. The molecular weight excluding hydrogens is 660 g/mol. The number of carbonyl (C=O) groups is 3. The lowest BCUT2D eigenvalue weighted by Gasteiger charge is -2.35. The normalized spacial score (nSPS) is 20.0. The fourth-order valence-corrected chi connectivity index (χ4v) is 5.95. The summed E-state index contributed by atoms with van der Waals surface area (Å²) in [6, 6.07) is 8.58. The summed E-state index contributed by atoms with van der Waals surface area (Å²) < 4.78 is 28.6. The number of urea groups is 2. The maximum atomic E-state index is 14.4. The Kier molecular flexibility index (Phi) is 12.3. The van der Waals surface area contributed by atoms with Crippen LogP contribution in [0.4, 0.5) is 26.7 Å². The number of aliphatic hydroxyl groups excluding tert-OH is 1. The lowest BCUT2D eigenvalue weighted by atomic mass is 10.0. The van der Waals surface area contributed by atoms with Crippen molar-refractivity contribution in [1.29, 1.82) is 0 Å². The van der Waals surface area contributed by atoms with Crippen LogP contribution in [-0.4, -0.2) is 96.4 Å². The molecule has 0 unspecified atom stereocenters. The second-order valence-electron chi connectivity index (χ2n) is 13.2. The number of rotatable bonds is 7. The molecule has 15 heteroatoms. The average Bonchev–Trinajstić information content (AvgIpc) is 3.70. The van der Waals surface area contributed by atoms with Crippen molar-refractivity contribution in [2.24, 2.45) is 5.92 Å². The van der Waals surface area contributed by atoms with Crippen LogP contribution in [0.3, 0.4) is 0 Å². The van der Waals surface area contributed by atoms with Crippen LogP contribution in [0.1, 0.15) is 61.8 Å². The van der Waals surface area contributed by atoms with Crippen molar-refractivity contribution >= 4 is 35.0 Å². The summed E-state index contributed by atoms with van der Waals surface area (Å²) in [6.07, 6.45) is 1.66. The van der Waals surface area contributed by atoms with Gasteiger partial charge in [0.15, 0.2) is 17.3 Å². The molecule has 2 aromatic carbocycles. The number of carbonyl (C=O) groups excluding carboxylic acids is 3. The standard InChI is InChI=1S/C36H48N6O9/c1-21-17-42(22(2)19-43)34(44)28-15-26(37-35(45)38-27-11-13-30-31(16-27)49-20-48-30)10-12-29(28)50-23(3)9-7-8-14-47-32(21)18-41(6)36(46)39-33-24(4)40-51-25(33)5/h10-13,15-16,21-23,32,43H,7-9,14,17-20H2,1-6H3,(H,39,46)(H2,37,38,45)/t21-,22+,23-,32-/m0/s1. The van der Waals surface area contributed by atoms with Crippen LogP contribution in [0.15, 0.2) is 40.9 Å². The van der Waals surface area contributed by atoms with Gasteiger partial charge in [-0.3, -0.25) is 4.79 Å². The van der Waals surface area contributed by atoms with E-state index in [-0.39, 0.29) is 56.0 Å². The molecule has 0 saturated carbocycles. The van der Waals surface area contributed by atoms with Crippen molar-refractivity contribution in [3.63, 3.8) is 0 Å². The highest BCUT2D eigenvalue weighted by Crippen LogP contribution is 2.34. The minimum Gasteiger partial charge on any atom is -0.490 e. The largest absolute Gasteiger partial charge is 0.490 e. The lowest BCUT2D eigenvalue weighted by Crippen LogP contribution is -2.48. The number of benzene rings is 2. The van der Waals surface area contributed by atoms with Crippen LogP contribution in [-0.2, 0) is 4.74 Å². The van der Waals surface area contributed by atoms with E-state index in [1.807, 2.05) is 13.8 Å². The van der Waals surface area contributed by atoms with Crippen LogP contribution >= 0.6 is 0 Å². The summed E-state index contributed by atoms with van der Waals surface area (Å²) in [5, 5.41) is 22.6. The maximum absolute atomic E-state index is 14.4. The number of hydrogen-bond donors (Lipinski definition) is 4. The van der Waals surface area contributed by atoms with Gasteiger partial charge in [-0.1, -0.05) is 12.1 Å². The number of nitrogens with one attached hydrogen (secondary N) is 3. The predicted octanol–water partition coefficient (Wildman–Crippen LogP) is 5.62. The zero-order chi connectivity index (χ0) is 36.7. The molecule has 4 atom stereocenters. The molecule has 5 amide bonds. The van der Waals surface area contributed by atoms with E-state index in [1.54, 1.807) is 69.1 Å². The summed E-state index contributed by atoms with van der Waals surface area (Å²) in [5.74, 6) is 1.37. The SMILES string of the molecule is Cc1noc(C)c1NC(=O)N(C)C[C@@H]1OCCCC[C@H](C)Oc2ccc(NC(=O)Nc3ccc4c(c3)OCO4)cc2C(=O)N([C@H](C)CO)C[C@@H]1C. The van der Waals surface area contributed by atoms with Gasteiger partial charge in [-0.05, 0) is 77.3 Å². The molecule has 15 nitrogen and oxygen atoms in total. The van der Waals surface area contributed by atoms with Gasteiger partial charge in [-0.25, -0.2) is 9.59 Å². The van der Waals surface area contributed by atoms with Gasteiger partial charge >= 0.3 is 12.1 Å². The van der Waals surface area contributed by atoms with E-state index < -0.39 is 18.2 Å². The van der Waals surface area contributed by atoms with Crippen LogP contribution in [0.25, 0.3) is 0 Å². The Balaban J connectivity index is 1.36. The number of anilines is 3. The number of aryl methyl sites for hydroxylation is 2. The summed E-state index contributed by atoms with van der Waals surface area (Å²) in [6.45, 7) is 9.89. The van der Waals surface area contributed by atoms with Crippen molar-refractivity contribution in [3.8, 4) is 17.2 Å². The molecule has 2 aliphatic rings. The number of aliphatic hydroxyl groups is 1. The van der Waals surface area contributed by atoms with E-state index in [9.17, 15) is 19.5 Å². The zero-order valence-electron chi connectivity index (χ0n) is 30.0. The van der Waals surface area contributed by atoms with Crippen molar-refractivity contribution in [2.45, 2.75) is 72.1 Å². The molecule has 3 heterocycles. The predicted molar refractivity (Wildman–Crippen MR) is 190 cm³/mol. The smallest absolute Gasteiger partial charge is 0.323 e. The third kappa shape index (κ3) is 9.41. The summed E-state index contributed by atoms with van der Waals surface area (Å²) in [4.78, 5) is 43.7. The second kappa shape index (κ2) is 16.8. The molecule has 5 rings (SSSR count). The highest BCUT2D eigenvalue weighted by Gasteiger charge is 2.31. The Morgan fingerprint density at radius 3 is 2.43 bits per heavy atom. The Morgan fingerprint density at radius 1 is 1.02 bits per heavy atom. The monoisotopic (exact) mass is 708 g/mol. The van der Waals surface area contributed by atoms with E-state index in [0.717, 1.165) is 12.8 Å². The first-order chi connectivity index (χ1) is 24.4. The summed E-state index contributed by atoms with van der Waals surface area (Å²) in [7, 11) is 1.68. The Hall–Kier alpha value is -5.02. The van der Waals surface area contributed by atoms with Crippen molar-refractivity contribution in [3.05, 3.63) is 53.4 Å². The molecule has 0 radical (unpaired) electrons. The quantitative estimate of drug-likeness (QED) is 0.241. The summed E-state index contributed by atoms with van der Waals surface area (Å²) >= 11 is 0. The molecule has 276 valence electrons. The summed E-state index contributed by atoms with van der Waals surface area (Å²) in [5.41, 5.74) is 2.21. The van der Waals surface area contributed by atoms with E-state index in [0.29, 0.717) is 58.8 Å². The molecular formula is C36H48N6O9. The van der Waals surface area contributed by atoms with Gasteiger partial charge in [0, 0.05) is 50.1 Å². The first-order valence-electron chi connectivity index (χ1n) is 17.2. The molecule has 0 aliphatic carbocycles. The van der Waals surface area contributed by atoms with Gasteiger partial charge in [0.1, 0.15) is 17.1 Å². The maximum Gasteiger partial charge on any atom is 0.323 e. The van der Waals surface area contributed by atoms with Crippen LogP contribution in [0.2, 0.25) is 0 Å². The van der Waals surface area contributed by atoms with Gasteiger partial charge in [0.25, 0.3) is 5.91 Å². The van der Waals surface area contributed by atoms with Gasteiger partial charge in [-0.2, -0.15) is 0 Å². The Labute approximate surface area is 297 Å². The second-order valence-corrected chi connectivity index (χ2v) is 13.2. The lowest BCUT2D eigenvalue weighted by molar-refractivity contribution is -0.0115. The highest BCUT2D eigenvalue weighted by molar-refractivity contribution is 6.02. The minimum absolute atomic E-state index is 0.117. The number of amides is 5. The van der Waals surface area contributed by atoms with Crippen molar-refractivity contribution in [2.75, 3.05) is 56.1 Å². The molecule has 4 N–H and O–H groups in total. The van der Waals surface area contributed by atoms with Gasteiger partial charge in [-0.15, -0.1) is 0 Å². The molecule has 51 heavy (non-hydrogen) atoms. The number of likely N-dealkylation sites (N-methyl/N-ethyl adjacent to an activating group) is 1. The first kappa shape index (κ1) is 37.2. The van der Waals surface area contributed by atoms with E-state index in [4.69, 9.17) is 23.5 Å². The number of hydrogen-bond acceptors (Lipinski definition) is 10. The van der Waals surface area contributed by atoms with Crippen molar-refractivity contribution in [1.82, 2.24) is 15.0 Å². The third-order valence-corrected chi connectivity index (χ3v) is 9.01. The molecule has 0 fully saturated rings. The molecule has 0 saturated heterocycles. The van der Waals surface area contributed by atoms with Gasteiger partial charge in [0.2, 0.25) is 6.79 Å². The van der Waals surface area contributed by atoms with Gasteiger partial charge < -0.3 is 54.3 Å². The zero-order valence-corrected chi connectivity index (χ0v) is 30.0. The number of aromatic nitrogens is 1. The Morgan fingerprint density at radius 2 is 1.73 bits per heavy atom. The first-order valence-corrected chi connectivity index (χ1v) is 17.2. The Bertz CT molecular complexity index is 1680. The average molecular weight is 709 g/mol. The molecule has 0 spiro atoms. The third-order valence-electron chi connectivity index (χ3n) is 9.01. The minimum atomic E-state index is -0.565. The topological polar surface area (TPSA) is 177 Å². The molecule has 3 aromatic rings.